The predicted octanol–water partition coefficient (Wildman–Crippen LogP) is 3.63. The Bertz CT molecular complexity index is 1090. The molecule has 0 spiro atoms. The topological polar surface area (TPSA) is 117 Å². The highest BCUT2D eigenvalue weighted by atomic mass is 15.1. The average molecular weight is 358 g/mol. The number of hydrogen-bond donors (Lipinski definition) is 4. The second kappa shape index (κ2) is 6.39. The summed E-state index contributed by atoms with van der Waals surface area (Å²) < 4.78 is 0. The number of nitrogens with one attached hydrogen (secondary N) is 2. The number of imidazole rings is 1. The van der Waals surface area contributed by atoms with Crippen LogP contribution in [-0.4, -0.2) is 21.5 Å². The molecule has 0 radical (unpaired) electrons. The van der Waals surface area contributed by atoms with Gasteiger partial charge in [0.05, 0.1) is 11.4 Å². The molecule has 0 amide bonds. The van der Waals surface area contributed by atoms with E-state index >= 15 is 0 Å². The molecule has 0 unspecified atom stereocenters. The maximum absolute atomic E-state index is 7.78. The van der Waals surface area contributed by atoms with Crippen LogP contribution in [0, 0.1) is 19.3 Å². The van der Waals surface area contributed by atoms with E-state index in [1.807, 2.05) is 18.2 Å². The smallest absolute Gasteiger partial charge is 0.200 e. The summed E-state index contributed by atoms with van der Waals surface area (Å²) in [5.41, 5.74) is 19.8. The highest BCUT2D eigenvalue weighted by Gasteiger charge is 2.22. The molecule has 1 aromatic heterocycles. The number of fused-ring (bicyclic) bond motifs is 1. The third kappa shape index (κ3) is 2.99. The molecule has 6 nitrogen and oxygen atoms in total. The number of H-pyrrole nitrogens is 1. The van der Waals surface area contributed by atoms with Gasteiger partial charge in [-0.05, 0) is 55.0 Å². The summed E-state index contributed by atoms with van der Waals surface area (Å²) in [4.78, 5) is 12.4. The molecule has 1 aliphatic rings. The van der Waals surface area contributed by atoms with Gasteiger partial charge in [0, 0.05) is 11.1 Å². The van der Waals surface area contributed by atoms with Gasteiger partial charge in [-0.15, -0.1) is 0 Å². The van der Waals surface area contributed by atoms with Gasteiger partial charge in [0.1, 0.15) is 5.84 Å². The molecule has 0 saturated carbocycles. The van der Waals surface area contributed by atoms with Gasteiger partial charge in [-0.25, -0.2) is 4.99 Å². The summed E-state index contributed by atoms with van der Waals surface area (Å²) >= 11 is 0. The van der Waals surface area contributed by atoms with Crippen molar-refractivity contribution in [3.63, 3.8) is 0 Å². The number of hydrogen-bond acceptors (Lipinski definition) is 4. The van der Waals surface area contributed by atoms with E-state index in [4.69, 9.17) is 21.9 Å². The molecule has 4 rings (SSSR count). The Labute approximate surface area is 157 Å². The second-order valence-electron chi connectivity index (χ2n) is 6.92. The molecule has 0 aliphatic heterocycles. The van der Waals surface area contributed by atoms with Gasteiger partial charge in [0.25, 0.3) is 0 Å². The first-order chi connectivity index (χ1) is 12.9. The van der Waals surface area contributed by atoms with Gasteiger partial charge >= 0.3 is 0 Å². The number of nitrogens with two attached hydrogens (primary N) is 2. The summed E-state index contributed by atoms with van der Waals surface area (Å²) in [5, 5.41) is 7.78. The lowest BCUT2D eigenvalue weighted by Gasteiger charge is -2.06. The molecule has 0 fully saturated rings. The standard InChI is InChI=1S/C21H22N6/c1-11-6-7-13(10-12(11)2)18-20(27-21(24)26-18)25-17-9-8-14-15(17)4-3-5-16(14)19(22)23/h3-7,10H,8-9H2,1-2H3,(H3,22,23)(H3,24,26,27). The van der Waals surface area contributed by atoms with Gasteiger partial charge in [0.15, 0.2) is 11.8 Å². The van der Waals surface area contributed by atoms with E-state index in [2.05, 4.69) is 42.0 Å². The summed E-state index contributed by atoms with van der Waals surface area (Å²) in [6.45, 7) is 4.17. The second-order valence-corrected chi connectivity index (χ2v) is 6.92. The first-order valence-corrected chi connectivity index (χ1v) is 8.91. The molecule has 6 N–H and O–H groups in total. The maximum Gasteiger partial charge on any atom is 0.200 e. The molecular formula is C21H22N6. The van der Waals surface area contributed by atoms with Crippen molar-refractivity contribution in [1.82, 2.24) is 9.97 Å². The fraction of sp³-hybridized carbons (Fsp3) is 0.190. The quantitative estimate of drug-likeness (QED) is 0.423. The Hall–Kier alpha value is -3.41. The summed E-state index contributed by atoms with van der Waals surface area (Å²) in [7, 11) is 0. The van der Waals surface area contributed by atoms with Crippen LogP contribution in [-0.2, 0) is 6.42 Å². The number of aromatic amines is 1. The van der Waals surface area contributed by atoms with E-state index in [1.54, 1.807) is 0 Å². The lowest BCUT2D eigenvalue weighted by molar-refractivity contribution is 1.08. The number of nitrogen functional groups attached to an aromatic ring is 2. The number of aromatic nitrogens is 2. The molecule has 6 heteroatoms. The number of anilines is 1. The van der Waals surface area contributed by atoms with Crippen LogP contribution in [0.1, 0.15) is 34.2 Å². The zero-order valence-electron chi connectivity index (χ0n) is 15.4. The highest BCUT2D eigenvalue weighted by Crippen LogP contribution is 2.33. The van der Waals surface area contributed by atoms with Crippen molar-refractivity contribution in [3.05, 3.63) is 64.2 Å². The zero-order chi connectivity index (χ0) is 19.1. The first-order valence-electron chi connectivity index (χ1n) is 8.91. The molecule has 1 aliphatic carbocycles. The van der Waals surface area contributed by atoms with Gasteiger partial charge in [-0.2, -0.15) is 4.98 Å². The molecule has 0 bridgehead atoms. The van der Waals surface area contributed by atoms with Crippen LogP contribution in [0.5, 0.6) is 0 Å². The van der Waals surface area contributed by atoms with E-state index in [1.165, 1.54) is 11.1 Å². The lowest BCUT2D eigenvalue weighted by atomic mass is 10.0. The third-order valence-corrected chi connectivity index (χ3v) is 5.13. The first kappa shape index (κ1) is 17.0. The Morgan fingerprint density at radius 3 is 2.70 bits per heavy atom. The minimum absolute atomic E-state index is 0.0907. The van der Waals surface area contributed by atoms with Gasteiger partial charge in [0.2, 0.25) is 0 Å². The number of aryl methyl sites for hydroxylation is 2. The van der Waals surface area contributed by atoms with Crippen LogP contribution in [0.15, 0.2) is 41.4 Å². The summed E-state index contributed by atoms with van der Waals surface area (Å²) in [6, 6.07) is 12.1. The zero-order valence-corrected chi connectivity index (χ0v) is 15.4. The van der Waals surface area contributed by atoms with Gasteiger partial charge in [-0.1, -0.05) is 30.3 Å². The molecule has 3 aromatic rings. The SMILES string of the molecule is Cc1ccc(-c2[nH]c(N)nc2N=C2CCc3c(C(=N)N)cccc32)cc1C. The number of aliphatic imine (C=N–C) groups is 1. The van der Waals surface area contributed by atoms with E-state index in [9.17, 15) is 0 Å². The molecule has 27 heavy (non-hydrogen) atoms. The minimum atomic E-state index is 0.0907. The van der Waals surface area contributed by atoms with Crippen molar-refractivity contribution in [3.8, 4) is 11.3 Å². The van der Waals surface area contributed by atoms with Crippen LogP contribution < -0.4 is 11.5 Å². The van der Waals surface area contributed by atoms with E-state index in [-0.39, 0.29) is 5.84 Å². The third-order valence-electron chi connectivity index (χ3n) is 5.13. The molecule has 0 saturated heterocycles. The number of rotatable bonds is 3. The van der Waals surface area contributed by atoms with Crippen LogP contribution in [0.4, 0.5) is 11.8 Å². The number of amidine groups is 1. The van der Waals surface area contributed by atoms with Gasteiger partial charge in [-0.3, -0.25) is 5.41 Å². The molecule has 2 aromatic carbocycles. The Morgan fingerprint density at radius 1 is 1.15 bits per heavy atom. The van der Waals surface area contributed by atoms with Crippen LogP contribution in [0.2, 0.25) is 0 Å². The lowest BCUT2D eigenvalue weighted by Crippen LogP contribution is -2.13. The van der Waals surface area contributed by atoms with E-state index in [0.717, 1.165) is 46.5 Å². The Morgan fingerprint density at radius 2 is 1.96 bits per heavy atom. The van der Waals surface area contributed by atoms with Crippen molar-refractivity contribution >= 4 is 23.3 Å². The largest absolute Gasteiger partial charge is 0.384 e. The number of nitrogens with zero attached hydrogens (tertiary/aromatic N) is 2. The molecule has 1 heterocycles. The molecule has 0 atom stereocenters. The van der Waals surface area contributed by atoms with E-state index < -0.39 is 0 Å². The van der Waals surface area contributed by atoms with Crippen molar-refractivity contribution < 1.29 is 0 Å². The Balaban J connectivity index is 1.81. The van der Waals surface area contributed by atoms with Crippen LogP contribution >= 0.6 is 0 Å². The summed E-state index contributed by atoms with van der Waals surface area (Å²) in [6.07, 6.45) is 1.61. The van der Waals surface area contributed by atoms with Crippen molar-refractivity contribution in [2.75, 3.05) is 5.73 Å². The van der Waals surface area contributed by atoms with Gasteiger partial charge < -0.3 is 16.5 Å². The fourth-order valence-electron chi connectivity index (χ4n) is 3.56. The van der Waals surface area contributed by atoms with Crippen LogP contribution in [0.3, 0.4) is 0 Å². The van der Waals surface area contributed by atoms with Crippen molar-refractivity contribution in [2.24, 2.45) is 10.7 Å². The monoisotopic (exact) mass is 358 g/mol. The summed E-state index contributed by atoms with van der Waals surface area (Å²) in [5.74, 6) is 1.03. The van der Waals surface area contributed by atoms with Crippen molar-refractivity contribution in [1.29, 1.82) is 5.41 Å². The van der Waals surface area contributed by atoms with Crippen LogP contribution in [0.25, 0.3) is 11.3 Å². The predicted molar refractivity (Wildman–Crippen MR) is 110 cm³/mol. The normalized spacial score (nSPS) is 14.5. The average Bonchev–Trinajstić information content (AvgIpc) is 3.21. The van der Waals surface area contributed by atoms with E-state index in [0.29, 0.717) is 11.8 Å². The fourth-order valence-corrected chi connectivity index (χ4v) is 3.56. The Kier molecular flexibility index (Phi) is 4.03. The minimum Gasteiger partial charge on any atom is -0.384 e. The molecular weight excluding hydrogens is 336 g/mol. The maximum atomic E-state index is 7.78. The highest BCUT2D eigenvalue weighted by molar-refractivity contribution is 6.09. The van der Waals surface area contributed by atoms with Crippen molar-refractivity contribution in [2.45, 2.75) is 26.7 Å². The number of benzene rings is 2. The molecule has 136 valence electrons.